The highest BCUT2D eigenvalue weighted by molar-refractivity contribution is 7.89. The molecular formula is C20H22N4O3S2. The molecule has 0 radical (unpaired) electrons. The minimum absolute atomic E-state index is 0.0257. The summed E-state index contributed by atoms with van der Waals surface area (Å²) in [7, 11) is -1.97. The Bertz CT molecular complexity index is 1110. The number of carbonyl (C=O) groups is 1. The van der Waals surface area contributed by atoms with Gasteiger partial charge in [-0.1, -0.05) is 36.4 Å². The van der Waals surface area contributed by atoms with Gasteiger partial charge in [0.05, 0.1) is 17.6 Å². The minimum atomic E-state index is -3.74. The first kappa shape index (κ1) is 19.9. The highest BCUT2D eigenvalue weighted by Crippen LogP contribution is 2.28. The van der Waals surface area contributed by atoms with Crippen LogP contribution in [0.3, 0.4) is 0 Å². The number of nitrogens with zero attached hydrogens (tertiary/aromatic N) is 4. The standard InChI is InChI=1S/C20H22N4O3S2/c1-23(13-15-7-3-2-4-8-15)20(25)16-9-6-12-24(14-16)29(26,27)18-11-5-10-17-19(18)22-28-21-17/h2-5,7-8,10-11,16H,6,9,12-14H2,1H3. The molecular weight excluding hydrogens is 408 g/mol. The largest absolute Gasteiger partial charge is 0.341 e. The van der Waals surface area contributed by atoms with Crippen molar-refractivity contribution >= 4 is 38.7 Å². The van der Waals surface area contributed by atoms with Crippen molar-refractivity contribution in [3.63, 3.8) is 0 Å². The van der Waals surface area contributed by atoms with Crippen LogP contribution in [0.5, 0.6) is 0 Å². The molecule has 0 N–H and O–H groups in total. The number of carbonyl (C=O) groups excluding carboxylic acids is 1. The van der Waals surface area contributed by atoms with Gasteiger partial charge in [-0.05, 0) is 30.5 Å². The van der Waals surface area contributed by atoms with Crippen LogP contribution in [0.25, 0.3) is 11.0 Å². The zero-order chi connectivity index (χ0) is 20.4. The zero-order valence-electron chi connectivity index (χ0n) is 16.1. The topological polar surface area (TPSA) is 83.5 Å². The van der Waals surface area contributed by atoms with Gasteiger partial charge in [0.15, 0.2) is 0 Å². The maximum Gasteiger partial charge on any atom is 0.245 e. The maximum atomic E-state index is 13.3. The van der Waals surface area contributed by atoms with E-state index in [-0.39, 0.29) is 23.3 Å². The van der Waals surface area contributed by atoms with Crippen molar-refractivity contribution in [2.75, 3.05) is 20.1 Å². The Balaban J connectivity index is 1.52. The lowest BCUT2D eigenvalue weighted by molar-refractivity contribution is -0.135. The van der Waals surface area contributed by atoms with Crippen molar-refractivity contribution in [1.29, 1.82) is 0 Å². The van der Waals surface area contributed by atoms with Gasteiger partial charge in [-0.3, -0.25) is 4.79 Å². The second kappa shape index (κ2) is 8.17. The number of aromatic nitrogens is 2. The molecule has 1 atom stereocenters. The molecule has 1 aliphatic rings. The van der Waals surface area contributed by atoms with E-state index in [1.165, 1.54) is 4.31 Å². The third-order valence-corrected chi connectivity index (χ3v) is 7.68. The highest BCUT2D eigenvalue weighted by atomic mass is 32.2. The van der Waals surface area contributed by atoms with E-state index in [0.29, 0.717) is 37.0 Å². The molecule has 1 aromatic heterocycles. The van der Waals surface area contributed by atoms with E-state index in [0.717, 1.165) is 17.3 Å². The smallest absolute Gasteiger partial charge is 0.245 e. The summed E-state index contributed by atoms with van der Waals surface area (Å²) in [4.78, 5) is 14.8. The minimum Gasteiger partial charge on any atom is -0.341 e. The van der Waals surface area contributed by atoms with Gasteiger partial charge in [0.2, 0.25) is 15.9 Å². The molecule has 2 aromatic carbocycles. The van der Waals surface area contributed by atoms with E-state index >= 15 is 0 Å². The van der Waals surface area contributed by atoms with Crippen molar-refractivity contribution in [3.05, 3.63) is 54.1 Å². The number of piperidine rings is 1. The van der Waals surface area contributed by atoms with Crippen LogP contribution in [0.15, 0.2) is 53.4 Å². The van der Waals surface area contributed by atoms with Crippen LogP contribution in [0.1, 0.15) is 18.4 Å². The van der Waals surface area contributed by atoms with Gasteiger partial charge in [-0.15, -0.1) is 0 Å². The summed E-state index contributed by atoms with van der Waals surface area (Å²) in [6, 6.07) is 14.8. The summed E-state index contributed by atoms with van der Waals surface area (Å²) < 4.78 is 36.2. The van der Waals surface area contributed by atoms with Crippen LogP contribution < -0.4 is 0 Å². The lowest BCUT2D eigenvalue weighted by atomic mass is 9.98. The predicted molar refractivity (Wildman–Crippen MR) is 112 cm³/mol. The molecule has 0 aliphatic carbocycles. The number of sulfonamides is 1. The SMILES string of the molecule is CN(Cc1ccccc1)C(=O)C1CCCN(S(=O)(=O)c2cccc3nsnc23)C1. The molecule has 9 heteroatoms. The van der Waals surface area contributed by atoms with Crippen LogP contribution >= 0.6 is 11.7 Å². The first-order valence-electron chi connectivity index (χ1n) is 9.47. The molecule has 0 spiro atoms. The number of rotatable bonds is 5. The second-order valence-electron chi connectivity index (χ2n) is 7.27. The third kappa shape index (κ3) is 4.03. The number of amides is 1. The van der Waals surface area contributed by atoms with E-state index in [1.807, 2.05) is 30.3 Å². The van der Waals surface area contributed by atoms with Crippen LogP contribution in [0, 0.1) is 5.92 Å². The van der Waals surface area contributed by atoms with E-state index in [1.54, 1.807) is 30.1 Å². The summed E-state index contributed by atoms with van der Waals surface area (Å²) in [6.45, 7) is 1.10. The quantitative estimate of drug-likeness (QED) is 0.622. The normalized spacial score (nSPS) is 18.0. The average molecular weight is 431 g/mol. The number of hydrogen-bond donors (Lipinski definition) is 0. The Morgan fingerprint density at radius 3 is 2.76 bits per heavy atom. The molecule has 1 unspecified atom stereocenters. The van der Waals surface area contributed by atoms with Crippen molar-refractivity contribution in [3.8, 4) is 0 Å². The Labute approximate surface area is 174 Å². The maximum absolute atomic E-state index is 13.3. The molecule has 7 nitrogen and oxygen atoms in total. The first-order valence-corrected chi connectivity index (χ1v) is 11.6. The van der Waals surface area contributed by atoms with Gasteiger partial charge >= 0.3 is 0 Å². The van der Waals surface area contributed by atoms with Gasteiger partial charge in [0, 0.05) is 26.7 Å². The third-order valence-electron chi connectivity index (χ3n) is 5.24. The summed E-state index contributed by atoms with van der Waals surface area (Å²) >= 11 is 0.996. The lowest BCUT2D eigenvalue weighted by Gasteiger charge is -2.33. The van der Waals surface area contributed by atoms with Crippen LogP contribution in [0.2, 0.25) is 0 Å². The van der Waals surface area contributed by atoms with Crippen LogP contribution in [-0.4, -0.2) is 52.4 Å². The fourth-order valence-electron chi connectivity index (χ4n) is 3.74. The van der Waals surface area contributed by atoms with Gasteiger partial charge < -0.3 is 4.90 Å². The molecule has 1 fully saturated rings. The van der Waals surface area contributed by atoms with E-state index in [4.69, 9.17) is 0 Å². The second-order valence-corrected chi connectivity index (χ2v) is 9.71. The monoisotopic (exact) mass is 430 g/mol. The van der Waals surface area contributed by atoms with E-state index < -0.39 is 10.0 Å². The van der Waals surface area contributed by atoms with E-state index in [9.17, 15) is 13.2 Å². The number of hydrogen-bond acceptors (Lipinski definition) is 6. The molecule has 0 saturated carbocycles. The molecule has 4 rings (SSSR count). The summed E-state index contributed by atoms with van der Waals surface area (Å²) in [5, 5.41) is 0. The molecule has 1 saturated heterocycles. The molecule has 1 amide bonds. The molecule has 1 aliphatic heterocycles. The Kier molecular flexibility index (Phi) is 5.62. The summed E-state index contributed by atoms with van der Waals surface area (Å²) in [5.74, 6) is -0.373. The van der Waals surface area contributed by atoms with Gasteiger partial charge in [-0.2, -0.15) is 13.1 Å². The Morgan fingerprint density at radius 2 is 1.97 bits per heavy atom. The Hall–Kier alpha value is -2.36. The van der Waals surface area contributed by atoms with Gasteiger partial charge in [-0.25, -0.2) is 8.42 Å². The Morgan fingerprint density at radius 1 is 1.17 bits per heavy atom. The molecule has 29 heavy (non-hydrogen) atoms. The fraction of sp³-hybridized carbons (Fsp3) is 0.350. The lowest BCUT2D eigenvalue weighted by Crippen LogP contribution is -2.45. The number of fused-ring (bicyclic) bond motifs is 1. The molecule has 152 valence electrons. The summed E-state index contributed by atoms with van der Waals surface area (Å²) in [6.07, 6.45) is 1.34. The van der Waals surface area contributed by atoms with Crippen LogP contribution in [0.4, 0.5) is 0 Å². The molecule has 2 heterocycles. The van der Waals surface area contributed by atoms with Gasteiger partial charge in [0.25, 0.3) is 0 Å². The van der Waals surface area contributed by atoms with Crippen molar-refractivity contribution in [2.45, 2.75) is 24.3 Å². The fourth-order valence-corrected chi connectivity index (χ4v) is 6.01. The van der Waals surface area contributed by atoms with Crippen molar-refractivity contribution < 1.29 is 13.2 Å². The zero-order valence-corrected chi connectivity index (χ0v) is 17.7. The van der Waals surface area contributed by atoms with Crippen molar-refractivity contribution in [2.24, 2.45) is 5.92 Å². The number of benzene rings is 2. The predicted octanol–water partition coefficient (Wildman–Crippen LogP) is 2.75. The van der Waals surface area contributed by atoms with Crippen LogP contribution in [-0.2, 0) is 21.4 Å². The van der Waals surface area contributed by atoms with Gasteiger partial charge in [0.1, 0.15) is 15.9 Å². The highest BCUT2D eigenvalue weighted by Gasteiger charge is 2.35. The molecule has 3 aromatic rings. The average Bonchev–Trinajstić information content (AvgIpc) is 3.23. The first-order chi connectivity index (χ1) is 14.0. The van der Waals surface area contributed by atoms with E-state index in [2.05, 4.69) is 8.75 Å². The summed E-state index contributed by atoms with van der Waals surface area (Å²) in [5.41, 5.74) is 2.02. The molecule has 0 bridgehead atoms. The van der Waals surface area contributed by atoms with Crippen molar-refractivity contribution in [1.82, 2.24) is 18.0 Å².